The molecule has 0 aliphatic heterocycles. The first-order chi connectivity index (χ1) is 6.70. The maximum atomic E-state index is 11.7. The summed E-state index contributed by atoms with van der Waals surface area (Å²) in [6, 6.07) is 7.11. The molecule has 1 aromatic carbocycles. The molecule has 14 heavy (non-hydrogen) atoms. The zero-order chi connectivity index (χ0) is 10.6. The monoisotopic (exact) mass is 212 g/mol. The van der Waals surface area contributed by atoms with Crippen LogP contribution in [0.15, 0.2) is 24.3 Å². The highest BCUT2D eigenvalue weighted by molar-refractivity contribution is 6.34. The van der Waals surface area contributed by atoms with Gasteiger partial charge in [0.15, 0.2) is 5.78 Å². The number of ether oxygens (including phenoxy) is 1. The first-order valence-corrected chi connectivity index (χ1v) is 4.95. The maximum Gasteiger partial charge on any atom is 0.184 e. The second-order valence-corrected chi connectivity index (χ2v) is 3.47. The van der Waals surface area contributed by atoms with Gasteiger partial charge in [-0.05, 0) is 18.6 Å². The lowest BCUT2D eigenvalue weighted by molar-refractivity contribution is 0.0983. The minimum absolute atomic E-state index is 0.0772. The van der Waals surface area contributed by atoms with Crippen LogP contribution in [-0.2, 0) is 0 Å². The van der Waals surface area contributed by atoms with Gasteiger partial charge in [-0.15, -0.1) is 11.6 Å². The topological polar surface area (TPSA) is 26.3 Å². The maximum absolute atomic E-state index is 11.7. The summed E-state index contributed by atoms with van der Waals surface area (Å²) in [7, 11) is 1.54. The molecular formula is C11H13ClO2. The van der Waals surface area contributed by atoms with Crippen molar-refractivity contribution >= 4 is 17.4 Å². The van der Waals surface area contributed by atoms with Crippen LogP contribution >= 0.6 is 11.6 Å². The third kappa shape index (κ3) is 2.26. The molecule has 0 heterocycles. The first kappa shape index (κ1) is 11.1. The Morgan fingerprint density at radius 1 is 1.50 bits per heavy atom. The van der Waals surface area contributed by atoms with Gasteiger partial charge in [0.2, 0.25) is 0 Å². The summed E-state index contributed by atoms with van der Waals surface area (Å²) in [6.45, 7) is 1.88. The molecule has 0 aromatic heterocycles. The van der Waals surface area contributed by atoms with Crippen molar-refractivity contribution in [2.45, 2.75) is 18.7 Å². The SMILES string of the molecule is CCC(Cl)C(=O)c1ccccc1OC. The zero-order valence-corrected chi connectivity index (χ0v) is 9.04. The van der Waals surface area contributed by atoms with E-state index in [0.29, 0.717) is 17.7 Å². The number of Topliss-reactive ketones (excluding diaryl/α,β-unsaturated/α-hetero) is 1. The number of rotatable bonds is 4. The molecule has 76 valence electrons. The fourth-order valence-corrected chi connectivity index (χ4v) is 1.32. The molecule has 2 nitrogen and oxygen atoms in total. The summed E-state index contributed by atoms with van der Waals surface area (Å²) in [4.78, 5) is 11.7. The molecule has 0 radical (unpaired) electrons. The zero-order valence-electron chi connectivity index (χ0n) is 8.29. The fraction of sp³-hybridized carbons (Fsp3) is 0.364. The van der Waals surface area contributed by atoms with Crippen LogP contribution in [0.5, 0.6) is 5.75 Å². The molecule has 1 atom stereocenters. The fourth-order valence-electron chi connectivity index (χ4n) is 1.20. The predicted molar refractivity (Wildman–Crippen MR) is 57.3 cm³/mol. The van der Waals surface area contributed by atoms with Gasteiger partial charge in [-0.1, -0.05) is 19.1 Å². The molecule has 0 spiro atoms. The average Bonchev–Trinajstić information content (AvgIpc) is 2.26. The molecule has 1 rings (SSSR count). The van der Waals surface area contributed by atoms with Gasteiger partial charge in [0, 0.05) is 0 Å². The minimum atomic E-state index is -0.466. The van der Waals surface area contributed by atoms with Crippen molar-refractivity contribution in [3.8, 4) is 5.75 Å². The van der Waals surface area contributed by atoms with Crippen molar-refractivity contribution in [2.75, 3.05) is 7.11 Å². The highest BCUT2D eigenvalue weighted by atomic mass is 35.5. The first-order valence-electron chi connectivity index (χ1n) is 4.52. The van der Waals surface area contributed by atoms with E-state index in [1.54, 1.807) is 25.3 Å². The number of methoxy groups -OCH3 is 1. The van der Waals surface area contributed by atoms with Crippen LogP contribution in [0.2, 0.25) is 0 Å². The Labute approximate surface area is 88.8 Å². The summed E-state index contributed by atoms with van der Waals surface area (Å²) >= 11 is 5.87. The van der Waals surface area contributed by atoms with Crippen molar-refractivity contribution in [1.29, 1.82) is 0 Å². The summed E-state index contributed by atoms with van der Waals surface area (Å²) in [5.74, 6) is 0.503. The van der Waals surface area contributed by atoms with E-state index < -0.39 is 5.38 Å². The molecule has 1 unspecified atom stereocenters. The Balaban J connectivity index is 3.00. The molecule has 0 bridgehead atoms. The third-order valence-electron chi connectivity index (χ3n) is 2.02. The largest absolute Gasteiger partial charge is 0.496 e. The second kappa shape index (κ2) is 5.01. The lowest BCUT2D eigenvalue weighted by Crippen LogP contribution is -2.14. The van der Waals surface area contributed by atoms with Gasteiger partial charge in [0.25, 0.3) is 0 Å². The Morgan fingerprint density at radius 2 is 2.14 bits per heavy atom. The summed E-state index contributed by atoms with van der Waals surface area (Å²) in [5.41, 5.74) is 0.553. The highest BCUT2D eigenvalue weighted by Crippen LogP contribution is 2.21. The Hall–Kier alpha value is -1.02. The molecule has 0 N–H and O–H groups in total. The molecule has 0 aliphatic carbocycles. The molecule has 0 saturated carbocycles. The van der Waals surface area contributed by atoms with E-state index in [-0.39, 0.29) is 5.78 Å². The van der Waals surface area contributed by atoms with Crippen LogP contribution in [-0.4, -0.2) is 18.3 Å². The predicted octanol–water partition coefficient (Wildman–Crippen LogP) is 2.90. The third-order valence-corrected chi connectivity index (χ3v) is 2.52. The second-order valence-electron chi connectivity index (χ2n) is 2.94. The summed E-state index contributed by atoms with van der Waals surface area (Å²) in [5, 5.41) is -0.466. The standard InChI is InChI=1S/C11H13ClO2/c1-3-9(12)11(13)8-6-4-5-7-10(8)14-2/h4-7,9H,3H2,1-2H3. The Kier molecular flexibility index (Phi) is 3.96. The number of carbonyl (C=O) groups excluding carboxylic acids is 1. The van der Waals surface area contributed by atoms with Crippen molar-refractivity contribution in [3.63, 3.8) is 0 Å². The van der Waals surface area contributed by atoms with Crippen LogP contribution < -0.4 is 4.74 Å². The number of benzene rings is 1. The van der Waals surface area contributed by atoms with Gasteiger partial charge in [0.1, 0.15) is 5.75 Å². The van der Waals surface area contributed by atoms with Gasteiger partial charge >= 0.3 is 0 Å². The average molecular weight is 213 g/mol. The molecule has 0 fully saturated rings. The van der Waals surface area contributed by atoms with Crippen LogP contribution in [0.25, 0.3) is 0 Å². The van der Waals surface area contributed by atoms with Crippen molar-refractivity contribution in [3.05, 3.63) is 29.8 Å². The van der Waals surface area contributed by atoms with Crippen LogP contribution in [0.1, 0.15) is 23.7 Å². The molecule has 1 aromatic rings. The van der Waals surface area contributed by atoms with Gasteiger partial charge in [-0.3, -0.25) is 4.79 Å². The Morgan fingerprint density at radius 3 is 2.71 bits per heavy atom. The van der Waals surface area contributed by atoms with Crippen LogP contribution in [0.3, 0.4) is 0 Å². The highest BCUT2D eigenvalue weighted by Gasteiger charge is 2.18. The Bertz CT molecular complexity index is 323. The minimum Gasteiger partial charge on any atom is -0.496 e. The lowest BCUT2D eigenvalue weighted by atomic mass is 10.1. The van der Waals surface area contributed by atoms with E-state index in [0.717, 1.165) is 0 Å². The molecule has 0 amide bonds. The van der Waals surface area contributed by atoms with Gasteiger partial charge in [0.05, 0.1) is 18.1 Å². The van der Waals surface area contributed by atoms with Crippen molar-refractivity contribution in [2.24, 2.45) is 0 Å². The number of para-hydroxylation sites is 1. The van der Waals surface area contributed by atoms with E-state index in [9.17, 15) is 4.79 Å². The number of hydrogen-bond acceptors (Lipinski definition) is 2. The lowest BCUT2D eigenvalue weighted by Gasteiger charge is -2.09. The van der Waals surface area contributed by atoms with E-state index in [1.807, 2.05) is 13.0 Å². The van der Waals surface area contributed by atoms with Gasteiger partial charge in [-0.25, -0.2) is 0 Å². The number of alkyl halides is 1. The smallest absolute Gasteiger partial charge is 0.184 e. The molecular weight excluding hydrogens is 200 g/mol. The summed E-state index contributed by atoms with van der Waals surface area (Å²) in [6.07, 6.45) is 0.623. The van der Waals surface area contributed by atoms with E-state index in [1.165, 1.54) is 0 Å². The number of carbonyl (C=O) groups is 1. The van der Waals surface area contributed by atoms with E-state index >= 15 is 0 Å². The number of hydrogen-bond donors (Lipinski definition) is 0. The quantitative estimate of drug-likeness (QED) is 0.567. The van der Waals surface area contributed by atoms with Gasteiger partial charge < -0.3 is 4.74 Å². The van der Waals surface area contributed by atoms with E-state index in [4.69, 9.17) is 16.3 Å². The van der Waals surface area contributed by atoms with E-state index in [2.05, 4.69) is 0 Å². The molecule has 0 aliphatic rings. The van der Waals surface area contributed by atoms with Crippen molar-refractivity contribution in [1.82, 2.24) is 0 Å². The summed E-state index contributed by atoms with van der Waals surface area (Å²) < 4.78 is 5.08. The van der Waals surface area contributed by atoms with Crippen molar-refractivity contribution < 1.29 is 9.53 Å². The van der Waals surface area contributed by atoms with Crippen LogP contribution in [0.4, 0.5) is 0 Å². The molecule has 0 saturated heterocycles. The van der Waals surface area contributed by atoms with Crippen LogP contribution in [0, 0.1) is 0 Å². The molecule has 3 heteroatoms. The van der Waals surface area contributed by atoms with Gasteiger partial charge in [-0.2, -0.15) is 0 Å². The number of halogens is 1. The normalized spacial score (nSPS) is 12.2. The number of ketones is 1.